The van der Waals surface area contributed by atoms with E-state index >= 15 is 0 Å². The molecule has 3 nitrogen and oxygen atoms in total. The number of carbonyl (C=O) groups excluding carboxylic acids is 1. The van der Waals surface area contributed by atoms with Crippen LogP contribution >= 0.6 is 0 Å². The molecule has 1 amide bonds. The molecule has 0 N–H and O–H groups in total. The molecule has 1 aromatic carbocycles. The first-order chi connectivity index (χ1) is 9.24. The quantitative estimate of drug-likeness (QED) is 0.844. The zero-order valence-electron chi connectivity index (χ0n) is 10.4. The molecule has 4 heteroatoms. The maximum Gasteiger partial charge on any atom is 0.257 e. The molecule has 19 heavy (non-hydrogen) atoms. The minimum Gasteiger partial charge on any atom is -0.472 e. The highest BCUT2D eigenvalue weighted by Crippen LogP contribution is 2.30. The number of furan rings is 1. The molecule has 98 valence electrons. The van der Waals surface area contributed by atoms with E-state index in [1.54, 1.807) is 17.0 Å². The third kappa shape index (κ3) is 2.67. The summed E-state index contributed by atoms with van der Waals surface area (Å²) in [6, 6.07) is 8.30. The maximum absolute atomic E-state index is 13.2. The fraction of sp³-hybridized carbons (Fsp3) is 0.267. The summed E-state index contributed by atoms with van der Waals surface area (Å²) in [5.41, 5.74) is 1.35. The smallest absolute Gasteiger partial charge is 0.257 e. The predicted molar refractivity (Wildman–Crippen MR) is 68.0 cm³/mol. The number of halogens is 1. The van der Waals surface area contributed by atoms with E-state index in [0.717, 1.165) is 18.4 Å². The van der Waals surface area contributed by atoms with Crippen molar-refractivity contribution in [3.05, 3.63) is 59.8 Å². The van der Waals surface area contributed by atoms with E-state index < -0.39 is 0 Å². The Labute approximate surface area is 110 Å². The van der Waals surface area contributed by atoms with Gasteiger partial charge in [0.25, 0.3) is 5.91 Å². The van der Waals surface area contributed by atoms with Crippen molar-refractivity contribution in [3.8, 4) is 0 Å². The molecule has 0 bridgehead atoms. The van der Waals surface area contributed by atoms with Crippen LogP contribution in [0.2, 0.25) is 0 Å². The largest absolute Gasteiger partial charge is 0.472 e. The topological polar surface area (TPSA) is 33.5 Å². The Morgan fingerprint density at radius 2 is 2.21 bits per heavy atom. The van der Waals surface area contributed by atoms with E-state index in [1.165, 1.54) is 24.7 Å². The lowest BCUT2D eigenvalue weighted by Crippen LogP contribution is -2.32. The molecule has 1 fully saturated rings. The molecule has 0 aliphatic heterocycles. The molecular weight excluding hydrogens is 245 g/mol. The van der Waals surface area contributed by atoms with Crippen LogP contribution in [0, 0.1) is 5.82 Å². The number of hydrogen-bond donors (Lipinski definition) is 0. The van der Waals surface area contributed by atoms with Gasteiger partial charge in [-0.3, -0.25) is 4.79 Å². The van der Waals surface area contributed by atoms with Crippen LogP contribution in [-0.4, -0.2) is 16.8 Å². The molecule has 0 spiro atoms. The molecule has 0 saturated heterocycles. The Morgan fingerprint density at radius 1 is 1.37 bits per heavy atom. The van der Waals surface area contributed by atoms with Crippen molar-refractivity contribution in [2.24, 2.45) is 0 Å². The van der Waals surface area contributed by atoms with Crippen LogP contribution < -0.4 is 0 Å². The van der Waals surface area contributed by atoms with Crippen molar-refractivity contribution in [1.82, 2.24) is 4.90 Å². The minimum absolute atomic E-state index is 0.0551. The number of hydrogen-bond acceptors (Lipinski definition) is 2. The number of rotatable bonds is 4. The molecule has 2 aromatic rings. The van der Waals surface area contributed by atoms with Crippen molar-refractivity contribution in [2.75, 3.05) is 0 Å². The molecule has 1 saturated carbocycles. The van der Waals surface area contributed by atoms with Gasteiger partial charge in [-0.1, -0.05) is 12.1 Å². The van der Waals surface area contributed by atoms with Crippen molar-refractivity contribution < 1.29 is 13.6 Å². The Balaban J connectivity index is 1.80. The lowest BCUT2D eigenvalue weighted by atomic mass is 10.2. The molecule has 1 aromatic heterocycles. The second kappa shape index (κ2) is 4.88. The van der Waals surface area contributed by atoms with Gasteiger partial charge in [-0.15, -0.1) is 0 Å². The van der Waals surface area contributed by atoms with E-state index in [4.69, 9.17) is 4.42 Å². The standard InChI is InChI=1S/C15H14FNO2/c16-13-3-1-2-11(8-13)9-17(14-4-5-14)15(18)12-6-7-19-10-12/h1-3,6-8,10,14H,4-5,9H2. The summed E-state index contributed by atoms with van der Waals surface area (Å²) in [6.07, 6.45) is 4.96. The first-order valence-electron chi connectivity index (χ1n) is 6.31. The van der Waals surface area contributed by atoms with Gasteiger partial charge in [0.15, 0.2) is 0 Å². The number of benzene rings is 1. The van der Waals surface area contributed by atoms with Crippen LogP contribution in [0.3, 0.4) is 0 Å². The number of nitrogens with zero attached hydrogens (tertiary/aromatic N) is 1. The molecule has 0 unspecified atom stereocenters. The van der Waals surface area contributed by atoms with Gasteiger partial charge in [-0.05, 0) is 36.6 Å². The summed E-state index contributed by atoms with van der Waals surface area (Å²) in [5.74, 6) is -0.329. The van der Waals surface area contributed by atoms with E-state index in [-0.39, 0.29) is 17.8 Å². The van der Waals surface area contributed by atoms with E-state index in [1.807, 2.05) is 6.07 Å². The third-order valence-electron chi connectivity index (χ3n) is 3.26. The zero-order valence-corrected chi connectivity index (χ0v) is 10.4. The van der Waals surface area contributed by atoms with Gasteiger partial charge in [0, 0.05) is 12.6 Å². The van der Waals surface area contributed by atoms with Gasteiger partial charge < -0.3 is 9.32 Å². The van der Waals surface area contributed by atoms with Crippen molar-refractivity contribution in [3.63, 3.8) is 0 Å². The molecule has 3 rings (SSSR count). The molecule has 1 aliphatic carbocycles. The number of amides is 1. The summed E-state index contributed by atoms with van der Waals surface area (Å²) in [4.78, 5) is 14.1. The number of carbonyl (C=O) groups is 1. The van der Waals surface area contributed by atoms with Crippen LogP contribution in [0.25, 0.3) is 0 Å². The van der Waals surface area contributed by atoms with Crippen LogP contribution in [0.5, 0.6) is 0 Å². The fourth-order valence-electron chi connectivity index (χ4n) is 2.14. The van der Waals surface area contributed by atoms with Crippen LogP contribution in [-0.2, 0) is 6.54 Å². The van der Waals surface area contributed by atoms with Crippen LogP contribution in [0.1, 0.15) is 28.8 Å². The summed E-state index contributed by atoms with van der Waals surface area (Å²) in [7, 11) is 0. The fourth-order valence-corrected chi connectivity index (χ4v) is 2.14. The normalized spacial score (nSPS) is 14.4. The molecular formula is C15H14FNO2. The Bertz CT molecular complexity index is 576. The summed E-state index contributed by atoms with van der Waals surface area (Å²) in [5, 5.41) is 0. The monoisotopic (exact) mass is 259 g/mol. The van der Waals surface area contributed by atoms with E-state index in [9.17, 15) is 9.18 Å². The van der Waals surface area contributed by atoms with Crippen LogP contribution in [0.15, 0.2) is 47.3 Å². The van der Waals surface area contributed by atoms with Gasteiger partial charge in [0.1, 0.15) is 12.1 Å². The molecule has 1 heterocycles. The third-order valence-corrected chi connectivity index (χ3v) is 3.26. The predicted octanol–water partition coefficient (Wildman–Crippen LogP) is 3.22. The molecule has 1 aliphatic rings. The molecule has 0 radical (unpaired) electrons. The van der Waals surface area contributed by atoms with E-state index in [0.29, 0.717) is 12.1 Å². The lowest BCUT2D eigenvalue weighted by Gasteiger charge is -2.22. The Kier molecular flexibility index (Phi) is 3.07. The lowest BCUT2D eigenvalue weighted by molar-refractivity contribution is 0.0729. The van der Waals surface area contributed by atoms with Crippen LogP contribution in [0.4, 0.5) is 4.39 Å². The zero-order chi connectivity index (χ0) is 13.2. The van der Waals surface area contributed by atoms with Gasteiger partial charge in [-0.2, -0.15) is 0 Å². The highest BCUT2D eigenvalue weighted by atomic mass is 19.1. The SMILES string of the molecule is O=C(c1ccoc1)N(Cc1cccc(F)c1)C1CC1. The molecule has 0 atom stereocenters. The van der Waals surface area contributed by atoms with Crippen molar-refractivity contribution in [1.29, 1.82) is 0 Å². The average molecular weight is 259 g/mol. The van der Waals surface area contributed by atoms with Crippen molar-refractivity contribution in [2.45, 2.75) is 25.4 Å². The Hall–Kier alpha value is -2.10. The Morgan fingerprint density at radius 3 is 2.84 bits per heavy atom. The first kappa shape index (κ1) is 12.0. The van der Waals surface area contributed by atoms with Crippen molar-refractivity contribution >= 4 is 5.91 Å². The maximum atomic E-state index is 13.2. The van der Waals surface area contributed by atoms with Gasteiger partial charge in [0.2, 0.25) is 0 Å². The first-order valence-corrected chi connectivity index (χ1v) is 6.31. The second-order valence-electron chi connectivity index (χ2n) is 4.81. The summed E-state index contributed by atoms with van der Waals surface area (Å²) < 4.78 is 18.1. The minimum atomic E-state index is -0.274. The highest BCUT2D eigenvalue weighted by Gasteiger charge is 2.33. The summed E-state index contributed by atoms with van der Waals surface area (Å²) in [6.45, 7) is 0.437. The van der Waals surface area contributed by atoms with Gasteiger partial charge in [-0.25, -0.2) is 4.39 Å². The van der Waals surface area contributed by atoms with E-state index in [2.05, 4.69) is 0 Å². The van der Waals surface area contributed by atoms with Gasteiger partial charge >= 0.3 is 0 Å². The second-order valence-corrected chi connectivity index (χ2v) is 4.81. The summed E-state index contributed by atoms with van der Waals surface area (Å²) >= 11 is 0. The van der Waals surface area contributed by atoms with Gasteiger partial charge in [0.05, 0.1) is 11.8 Å². The average Bonchev–Trinajstić information content (AvgIpc) is 3.09. The highest BCUT2D eigenvalue weighted by molar-refractivity contribution is 5.94.